The van der Waals surface area contributed by atoms with Gasteiger partial charge in [0.25, 0.3) is 5.91 Å². The van der Waals surface area contributed by atoms with Gasteiger partial charge in [-0.05, 0) is 30.7 Å². The lowest BCUT2D eigenvalue weighted by molar-refractivity contribution is 0.102. The minimum atomic E-state index is -0.203. The first-order valence-electron chi connectivity index (χ1n) is 4.99. The molecule has 0 spiro atoms. The fourth-order valence-corrected chi connectivity index (χ4v) is 2.06. The van der Waals surface area contributed by atoms with Crippen LogP contribution in [0.1, 0.15) is 15.9 Å². The lowest BCUT2D eigenvalue weighted by Gasteiger charge is -2.05. The van der Waals surface area contributed by atoms with Crippen LogP contribution in [-0.2, 0) is 7.05 Å². The van der Waals surface area contributed by atoms with Crippen molar-refractivity contribution in [2.45, 2.75) is 6.92 Å². The van der Waals surface area contributed by atoms with E-state index in [1.165, 1.54) is 11.0 Å². The maximum Gasteiger partial charge on any atom is 0.258 e. The van der Waals surface area contributed by atoms with E-state index in [1.54, 1.807) is 13.1 Å². The number of aryl methyl sites for hydroxylation is 2. The van der Waals surface area contributed by atoms with Crippen molar-refractivity contribution < 1.29 is 4.79 Å². The summed E-state index contributed by atoms with van der Waals surface area (Å²) in [4.78, 5) is 15.9. The number of rotatable bonds is 2. The smallest absolute Gasteiger partial charge is 0.258 e. The molecular weight excluding hydrogens is 284 g/mol. The molecule has 0 saturated heterocycles. The fourth-order valence-electron chi connectivity index (χ4n) is 1.45. The number of aromatic nitrogens is 3. The van der Waals surface area contributed by atoms with Gasteiger partial charge in [0, 0.05) is 17.1 Å². The minimum Gasteiger partial charge on any atom is -0.291 e. The van der Waals surface area contributed by atoms with Crippen molar-refractivity contribution >= 4 is 27.8 Å². The molecule has 6 heteroatoms. The van der Waals surface area contributed by atoms with Crippen molar-refractivity contribution in [2.24, 2.45) is 7.05 Å². The molecule has 0 atom stereocenters. The van der Waals surface area contributed by atoms with Crippen LogP contribution in [0.25, 0.3) is 0 Å². The lowest BCUT2D eigenvalue weighted by atomic mass is 10.1. The Morgan fingerprint density at radius 2 is 2.18 bits per heavy atom. The van der Waals surface area contributed by atoms with Gasteiger partial charge in [-0.3, -0.25) is 10.1 Å². The summed E-state index contributed by atoms with van der Waals surface area (Å²) in [6.07, 6.45) is 1.39. The predicted octanol–water partition coefficient (Wildman–Crippen LogP) is 2.14. The number of halogens is 1. The summed E-state index contributed by atoms with van der Waals surface area (Å²) in [7, 11) is 1.72. The molecule has 1 amide bonds. The summed E-state index contributed by atoms with van der Waals surface area (Å²) in [5.41, 5.74) is 1.60. The van der Waals surface area contributed by atoms with E-state index in [0.29, 0.717) is 11.5 Å². The molecule has 0 aliphatic carbocycles. The highest BCUT2D eigenvalue weighted by atomic mass is 79.9. The molecule has 1 aromatic carbocycles. The summed E-state index contributed by atoms with van der Waals surface area (Å²) in [6, 6.07) is 5.52. The quantitative estimate of drug-likeness (QED) is 0.923. The molecule has 5 nitrogen and oxygen atoms in total. The van der Waals surface area contributed by atoms with Gasteiger partial charge in [-0.15, -0.1) is 0 Å². The number of nitrogens with zero attached hydrogens (tertiary/aromatic N) is 3. The fraction of sp³-hybridized carbons (Fsp3) is 0.182. The van der Waals surface area contributed by atoms with E-state index in [9.17, 15) is 4.79 Å². The first-order chi connectivity index (χ1) is 8.06. The van der Waals surface area contributed by atoms with Gasteiger partial charge in [-0.25, -0.2) is 4.68 Å². The Morgan fingerprint density at radius 3 is 2.76 bits per heavy atom. The second-order valence-corrected chi connectivity index (χ2v) is 4.59. The molecular formula is C11H11BrN4O. The highest BCUT2D eigenvalue weighted by molar-refractivity contribution is 9.10. The van der Waals surface area contributed by atoms with Crippen molar-refractivity contribution in [3.63, 3.8) is 0 Å². The molecule has 0 radical (unpaired) electrons. The normalized spacial score (nSPS) is 10.3. The number of nitrogens with one attached hydrogen (secondary N) is 1. The van der Waals surface area contributed by atoms with Gasteiger partial charge in [-0.1, -0.05) is 15.9 Å². The second-order valence-electron chi connectivity index (χ2n) is 3.68. The van der Waals surface area contributed by atoms with Gasteiger partial charge in [0.15, 0.2) is 0 Å². The number of amides is 1. The lowest BCUT2D eigenvalue weighted by Crippen LogP contribution is -2.15. The third-order valence-electron chi connectivity index (χ3n) is 2.24. The molecule has 0 aliphatic heterocycles. The predicted molar refractivity (Wildman–Crippen MR) is 67.8 cm³/mol. The van der Waals surface area contributed by atoms with Crippen LogP contribution in [0.5, 0.6) is 0 Å². The molecule has 1 aromatic heterocycles. The van der Waals surface area contributed by atoms with Crippen molar-refractivity contribution in [2.75, 3.05) is 5.32 Å². The Morgan fingerprint density at radius 1 is 1.41 bits per heavy atom. The number of carbonyl (C=O) groups excluding carboxylic acids is 1. The molecule has 0 bridgehead atoms. The zero-order chi connectivity index (χ0) is 12.4. The first kappa shape index (κ1) is 11.8. The largest absolute Gasteiger partial charge is 0.291 e. The van der Waals surface area contributed by atoms with Crippen molar-refractivity contribution in [1.82, 2.24) is 14.8 Å². The molecule has 0 aliphatic rings. The summed E-state index contributed by atoms with van der Waals surface area (Å²) in [6.45, 7) is 1.93. The summed E-state index contributed by atoms with van der Waals surface area (Å²) >= 11 is 3.36. The number of hydrogen-bond donors (Lipinski definition) is 1. The van der Waals surface area contributed by atoms with E-state index in [-0.39, 0.29) is 5.91 Å². The van der Waals surface area contributed by atoms with Gasteiger partial charge >= 0.3 is 0 Å². The Hall–Kier alpha value is -1.69. The molecule has 88 valence electrons. The zero-order valence-electron chi connectivity index (χ0n) is 9.44. The monoisotopic (exact) mass is 294 g/mol. The number of benzene rings is 1. The molecule has 1 N–H and O–H groups in total. The van der Waals surface area contributed by atoms with Gasteiger partial charge < -0.3 is 0 Å². The van der Waals surface area contributed by atoms with Crippen LogP contribution >= 0.6 is 15.9 Å². The zero-order valence-corrected chi connectivity index (χ0v) is 11.0. The van der Waals surface area contributed by atoms with E-state index < -0.39 is 0 Å². The number of carbonyl (C=O) groups is 1. The number of hydrogen-bond acceptors (Lipinski definition) is 3. The SMILES string of the molecule is Cc1cc(Br)cc(C(=O)Nc2ncnn2C)c1. The van der Waals surface area contributed by atoms with Crippen LogP contribution in [-0.4, -0.2) is 20.7 Å². The molecule has 2 aromatic rings. The molecule has 17 heavy (non-hydrogen) atoms. The van der Waals surface area contributed by atoms with Crippen LogP contribution in [0.4, 0.5) is 5.95 Å². The highest BCUT2D eigenvalue weighted by Gasteiger charge is 2.10. The standard InChI is InChI=1S/C11H11BrN4O/c1-7-3-8(5-9(12)4-7)10(17)15-11-13-6-14-16(11)2/h3-6H,1-2H3,(H,13,14,15,17). The summed E-state index contributed by atoms with van der Waals surface area (Å²) < 4.78 is 2.38. The Bertz CT molecular complexity index is 544. The van der Waals surface area contributed by atoms with E-state index in [1.807, 2.05) is 19.1 Å². The summed E-state index contributed by atoms with van der Waals surface area (Å²) in [5, 5.41) is 6.57. The first-order valence-corrected chi connectivity index (χ1v) is 5.78. The van der Waals surface area contributed by atoms with E-state index >= 15 is 0 Å². The second kappa shape index (κ2) is 4.67. The average Bonchev–Trinajstić information content (AvgIpc) is 2.63. The van der Waals surface area contributed by atoms with Crippen LogP contribution in [0.2, 0.25) is 0 Å². The van der Waals surface area contributed by atoms with Crippen molar-refractivity contribution in [3.05, 3.63) is 40.1 Å². The molecule has 0 unspecified atom stereocenters. The van der Waals surface area contributed by atoms with Crippen LogP contribution in [0.3, 0.4) is 0 Å². The maximum atomic E-state index is 12.0. The topological polar surface area (TPSA) is 59.8 Å². The maximum absolute atomic E-state index is 12.0. The summed E-state index contributed by atoms with van der Waals surface area (Å²) in [5.74, 6) is 0.220. The molecule has 0 fully saturated rings. The van der Waals surface area contributed by atoms with Gasteiger partial charge in [0.2, 0.25) is 5.95 Å². The van der Waals surface area contributed by atoms with Crippen LogP contribution in [0, 0.1) is 6.92 Å². The van der Waals surface area contributed by atoms with E-state index in [4.69, 9.17) is 0 Å². The van der Waals surface area contributed by atoms with Gasteiger partial charge in [-0.2, -0.15) is 10.1 Å². The van der Waals surface area contributed by atoms with Crippen molar-refractivity contribution in [1.29, 1.82) is 0 Å². The minimum absolute atomic E-state index is 0.203. The number of anilines is 1. The van der Waals surface area contributed by atoms with Gasteiger partial charge in [0.1, 0.15) is 6.33 Å². The molecule has 1 heterocycles. The van der Waals surface area contributed by atoms with E-state index in [2.05, 4.69) is 31.3 Å². The Balaban J connectivity index is 2.23. The third-order valence-corrected chi connectivity index (χ3v) is 2.70. The van der Waals surface area contributed by atoms with Crippen LogP contribution in [0.15, 0.2) is 29.0 Å². The highest BCUT2D eigenvalue weighted by Crippen LogP contribution is 2.16. The Kier molecular flexibility index (Phi) is 3.23. The van der Waals surface area contributed by atoms with Gasteiger partial charge in [0.05, 0.1) is 0 Å². The van der Waals surface area contributed by atoms with E-state index in [0.717, 1.165) is 10.0 Å². The molecule has 0 saturated carbocycles. The van der Waals surface area contributed by atoms with Crippen LogP contribution < -0.4 is 5.32 Å². The average molecular weight is 295 g/mol. The molecule has 2 rings (SSSR count). The Labute approximate surface area is 107 Å². The third kappa shape index (κ3) is 2.71. The van der Waals surface area contributed by atoms with Crippen molar-refractivity contribution in [3.8, 4) is 0 Å².